The predicted octanol–water partition coefficient (Wildman–Crippen LogP) is 3.90. The number of ether oxygens (including phenoxy) is 1. The summed E-state index contributed by atoms with van der Waals surface area (Å²) in [7, 11) is 1.38. The molecule has 0 unspecified atom stereocenters. The molecule has 2 nitrogen and oxygen atoms in total. The standard InChI is InChI=1S/C14H11BrO2/c1-17-14(16)12-4-2-10(3-5-12)11-6-8-13(15)9-7-11/h2-9H,1H3. The van der Waals surface area contributed by atoms with E-state index >= 15 is 0 Å². The molecule has 0 aliphatic heterocycles. The molecule has 0 fully saturated rings. The maximum absolute atomic E-state index is 11.3. The van der Waals surface area contributed by atoms with E-state index in [0.717, 1.165) is 15.6 Å². The monoisotopic (exact) mass is 290 g/mol. The molecule has 0 aromatic heterocycles. The second-order valence-corrected chi connectivity index (χ2v) is 4.49. The van der Waals surface area contributed by atoms with Gasteiger partial charge in [0.2, 0.25) is 0 Å². The van der Waals surface area contributed by atoms with Crippen LogP contribution in [0.4, 0.5) is 0 Å². The van der Waals surface area contributed by atoms with Gasteiger partial charge in [-0.3, -0.25) is 0 Å². The lowest BCUT2D eigenvalue weighted by molar-refractivity contribution is 0.0601. The third-order valence-corrected chi connectivity index (χ3v) is 3.01. The van der Waals surface area contributed by atoms with Crippen LogP contribution < -0.4 is 0 Å². The van der Waals surface area contributed by atoms with Crippen molar-refractivity contribution < 1.29 is 9.53 Å². The molecule has 0 radical (unpaired) electrons. The number of benzene rings is 2. The summed E-state index contributed by atoms with van der Waals surface area (Å²) in [5.41, 5.74) is 2.75. The number of halogens is 1. The Kier molecular flexibility index (Phi) is 3.59. The molecule has 86 valence electrons. The Balaban J connectivity index is 2.29. The summed E-state index contributed by atoms with van der Waals surface area (Å²) >= 11 is 3.40. The SMILES string of the molecule is COC(=O)c1ccc(-c2ccc(Br)cc2)cc1. The van der Waals surface area contributed by atoms with Gasteiger partial charge in [-0.1, -0.05) is 40.2 Å². The average Bonchev–Trinajstić information content (AvgIpc) is 2.39. The summed E-state index contributed by atoms with van der Waals surface area (Å²) in [5, 5.41) is 0. The third-order valence-electron chi connectivity index (χ3n) is 2.48. The molecule has 0 saturated carbocycles. The van der Waals surface area contributed by atoms with Crippen molar-refractivity contribution in [2.75, 3.05) is 7.11 Å². The van der Waals surface area contributed by atoms with Gasteiger partial charge in [0.05, 0.1) is 12.7 Å². The first kappa shape index (κ1) is 11.9. The van der Waals surface area contributed by atoms with E-state index in [-0.39, 0.29) is 5.97 Å². The Morgan fingerprint density at radius 3 is 1.88 bits per heavy atom. The molecule has 2 rings (SSSR count). The fraction of sp³-hybridized carbons (Fsp3) is 0.0714. The Morgan fingerprint density at radius 2 is 1.41 bits per heavy atom. The van der Waals surface area contributed by atoms with E-state index in [1.54, 1.807) is 12.1 Å². The Morgan fingerprint density at radius 1 is 0.941 bits per heavy atom. The second-order valence-electron chi connectivity index (χ2n) is 3.58. The Hall–Kier alpha value is -1.61. The van der Waals surface area contributed by atoms with Crippen molar-refractivity contribution in [3.63, 3.8) is 0 Å². The van der Waals surface area contributed by atoms with Crippen LogP contribution in [0.3, 0.4) is 0 Å². The lowest BCUT2D eigenvalue weighted by Crippen LogP contribution is -2.00. The van der Waals surface area contributed by atoms with E-state index < -0.39 is 0 Å². The molecule has 17 heavy (non-hydrogen) atoms. The minimum Gasteiger partial charge on any atom is -0.465 e. The summed E-state index contributed by atoms with van der Waals surface area (Å²) in [6, 6.07) is 15.4. The van der Waals surface area contributed by atoms with Gasteiger partial charge in [-0.05, 0) is 35.4 Å². The average molecular weight is 291 g/mol. The summed E-state index contributed by atoms with van der Waals surface area (Å²) in [4.78, 5) is 11.3. The van der Waals surface area contributed by atoms with E-state index in [9.17, 15) is 4.79 Å². The van der Waals surface area contributed by atoms with Crippen LogP contribution in [0.1, 0.15) is 10.4 Å². The van der Waals surface area contributed by atoms with Gasteiger partial charge in [-0.2, -0.15) is 0 Å². The number of carbonyl (C=O) groups is 1. The highest BCUT2D eigenvalue weighted by Crippen LogP contribution is 2.22. The van der Waals surface area contributed by atoms with Crippen molar-refractivity contribution in [1.29, 1.82) is 0 Å². The van der Waals surface area contributed by atoms with Gasteiger partial charge in [-0.15, -0.1) is 0 Å². The van der Waals surface area contributed by atoms with Crippen molar-refractivity contribution in [2.24, 2.45) is 0 Å². The molecular weight excluding hydrogens is 280 g/mol. The smallest absolute Gasteiger partial charge is 0.337 e. The summed E-state index contributed by atoms with van der Waals surface area (Å²) < 4.78 is 5.70. The number of methoxy groups -OCH3 is 1. The van der Waals surface area contributed by atoms with Crippen molar-refractivity contribution in [3.05, 3.63) is 58.6 Å². The van der Waals surface area contributed by atoms with Crippen LogP contribution in [0.25, 0.3) is 11.1 Å². The second kappa shape index (κ2) is 5.15. The largest absolute Gasteiger partial charge is 0.465 e. The first-order chi connectivity index (χ1) is 8.20. The number of hydrogen-bond acceptors (Lipinski definition) is 2. The summed E-state index contributed by atoms with van der Waals surface area (Å²) in [6.45, 7) is 0. The van der Waals surface area contributed by atoms with Gasteiger partial charge in [0.15, 0.2) is 0 Å². The number of hydrogen-bond donors (Lipinski definition) is 0. The molecule has 0 saturated heterocycles. The van der Waals surface area contributed by atoms with Gasteiger partial charge in [0, 0.05) is 4.47 Å². The minimum absolute atomic E-state index is 0.313. The molecule has 2 aromatic carbocycles. The van der Waals surface area contributed by atoms with Crippen LogP contribution in [0.5, 0.6) is 0 Å². The van der Waals surface area contributed by atoms with E-state index in [1.165, 1.54) is 7.11 Å². The van der Waals surface area contributed by atoms with Crippen LogP contribution in [-0.4, -0.2) is 13.1 Å². The van der Waals surface area contributed by atoms with Crippen LogP contribution in [0.2, 0.25) is 0 Å². The van der Waals surface area contributed by atoms with Crippen molar-refractivity contribution in [2.45, 2.75) is 0 Å². The fourth-order valence-electron chi connectivity index (χ4n) is 1.56. The molecule has 0 amide bonds. The minimum atomic E-state index is -0.313. The molecule has 2 aromatic rings. The quantitative estimate of drug-likeness (QED) is 0.784. The first-order valence-electron chi connectivity index (χ1n) is 5.15. The highest BCUT2D eigenvalue weighted by Gasteiger charge is 2.04. The molecule has 0 spiro atoms. The molecule has 0 aliphatic rings. The summed E-state index contributed by atoms with van der Waals surface area (Å²) in [5.74, 6) is -0.313. The predicted molar refractivity (Wildman–Crippen MR) is 70.9 cm³/mol. The van der Waals surface area contributed by atoms with Gasteiger partial charge >= 0.3 is 5.97 Å². The highest BCUT2D eigenvalue weighted by atomic mass is 79.9. The van der Waals surface area contributed by atoms with Gasteiger partial charge < -0.3 is 4.74 Å². The zero-order valence-corrected chi connectivity index (χ0v) is 10.9. The van der Waals surface area contributed by atoms with Crippen molar-refractivity contribution >= 4 is 21.9 Å². The Labute approximate surface area is 108 Å². The molecule has 0 heterocycles. The third kappa shape index (κ3) is 2.74. The molecule has 0 atom stereocenters. The van der Waals surface area contributed by atoms with E-state index in [1.807, 2.05) is 36.4 Å². The highest BCUT2D eigenvalue weighted by molar-refractivity contribution is 9.10. The first-order valence-corrected chi connectivity index (χ1v) is 5.94. The number of carbonyl (C=O) groups excluding carboxylic acids is 1. The van der Waals surface area contributed by atoms with E-state index in [0.29, 0.717) is 5.56 Å². The lowest BCUT2D eigenvalue weighted by Gasteiger charge is -2.03. The molecule has 0 aliphatic carbocycles. The fourth-order valence-corrected chi connectivity index (χ4v) is 1.82. The van der Waals surface area contributed by atoms with Gasteiger partial charge in [-0.25, -0.2) is 4.79 Å². The number of rotatable bonds is 2. The van der Waals surface area contributed by atoms with Crippen LogP contribution >= 0.6 is 15.9 Å². The van der Waals surface area contributed by atoms with E-state index in [4.69, 9.17) is 0 Å². The molecule has 0 bridgehead atoms. The maximum atomic E-state index is 11.3. The molecule has 0 N–H and O–H groups in total. The molecular formula is C14H11BrO2. The van der Waals surface area contributed by atoms with Gasteiger partial charge in [0.25, 0.3) is 0 Å². The Bertz CT molecular complexity index is 515. The zero-order chi connectivity index (χ0) is 12.3. The lowest BCUT2D eigenvalue weighted by atomic mass is 10.0. The number of esters is 1. The normalized spacial score (nSPS) is 10.0. The topological polar surface area (TPSA) is 26.3 Å². The van der Waals surface area contributed by atoms with Crippen LogP contribution in [0.15, 0.2) is 53.0 Å². The van der Waals surface area contributed by atoms with Crippen LogP contribution in [0, 0.1) is 0 Å². The van der Waals surface area contributed by atoms with Crippen molar-refractivity contribution in [1.82, 2.24) is 0 Å². The molecule has 3 heteroatoms. The summed E-state index contributed by atoms with van der Waals surface area (Å²) in [6.07, 6.45) is 0. The van der Waals surface area contributed by atoms with Crippen molar-refractivity contribution in [3.8, 4) is 11.1 Å². The van der Waals surface area contributed by atoms with Gasteiger partial charge in [0.1, 0.15) is 0 Å². The van der Waals surface area contributed by atoms with E-state index in [2.05, 4.69) is 20.7 Å². The van der Waals surface area contributed by atoms with Crippen LogP contribution in [-0.2, 0) is 4.74 Å². The zero-order valence-electron chi connectivity index (χ0n) is 9.31. The maximum Gasteiger partial charge on any atom is 0.337 e.